The van der Waals surface area contributed by atoms with Crippen molar-refractivity contribution in [3.8, 4) is 0 Å². The monoisotopic (exact) mass is 367 g/mol. The minimum atomic E-state index is -1.01. The van der Waals surface area contributed by atoms with Gasteiger partial charge in [-0.1, -0.05) is 69.1 Å². The van der Waals surface area contributed by atoms with E-state index in [0.29, 0.717) is 0 Å². The number of Topliss-reactive ketones (excluding diaryl/α,β-unsaturated/α-hetero) is 2. The molecule has 0 aliphatic heterocycles. The smallest absolute Gasteiger partial charge is 0.249 e. The summed E-state index contributed by atoms with van der Waals surface area (Å²) in [6.45, 7) is 8.16. The van der Waals surface area contributed by atoms with Crippen LogP contribution in [0.1, 0.15) is 50.7 Å². The van der Waals surface area contributed by atoms with E-state index in [4.69, 9.17) is 23.2 Å². The quantitative estimate of drug-likeness (QED) is 0.583. The molecule has 2 rings (SSSR count). The number of carbonyl (C=O) groups excluding carboxylic acids is 2. The Morgan fingerprint density at radius 3 is 1.83 bits per heavy atom. The maximum absolute atomic E-state index is 11.9. The first-order valence-electron chi connectivity index (χ1n) is 7.64. The maximum Gasteiger partial charge on any atom is 0.249 e. The lowest BCUT2D eigenvalue weighted by molar-refractivity contribution is -0.131. The summed E-state index contributed by atoms with van der Waals surface area (Å²) >= 11 is 11.8. The van der Waals surface area contributed by atoms with Crippen LogP contribution in [-0.2, 0) is 9.59 Å². The molecule has 0 unspecified atom stereocenters. The molecule has 6 heteroatoms. The number of ketones is 2. The van der Waals surface area contributed by atoms with Crippen LogP contribution >= 0.6 is 23.2 Å². The van der Waals surface area contributed by atoms with Crippen LogP contribution in [0.4, 0.5) is 5.69 Å². The van der Waals surface area contributed by atoms with Crippen molar-refractivity contribution >= 4 is 40.5 Å². The number of rotatable bonds is 4. The van der Waals surface area contributed by atoms with Gasteiger partial charge in [-0.3, -0.25) is 9.59 Å². The van der Waals surface area contributed by atoms with Crippen LogP contribution in [0.2, 0.25) is 0 Å². The topological polar surface area (TPSA) is 66.4 Å². The molecule has 1 aromatic rings. The summed E-state index contributed by atoms with van der Waals surface area (Å²) in [7, 11) is 0. The average Bonchev–Trinajstić information content (AvgIpc) is 2.54. The number of aliphatic hydroxyl groups is 1. The normalized spacial score (nSPS) is 15.8. The van der Waals surface area contributed by atoms with E-state index in [1.807, 2.05) is 45.9 Å². The lowest BCUT2D eigenvalue weighted by atomic mass is 9.92. The maximum atomic E-state index is 11.9. The van der Waals surface area contributed by atoms with E-state index < -0.39 is 22.4 Å². The molecule has 4 nitrogen and oxygen atoms in total. The Labute approximate surface area is 151 Å². The fraction of sp³-hybridized carbons (Fsp3) is 0.333. The van der Waals surface area contributed by atoms with Gasteiger partial charge in [-0.2, -0.15) is 0 Å². The van der Waals surface area contributed by atoms with Crippen LogP contribution in [0.25, 0.3) is 0 Å². The number of nitrogens with one attached hydrogen (secondary N) is 1. The van der Waals surface area contributed by atoms with E-state index in [-0.39, 0.29) is 22.6 Å². The van der Waals surface area contributed by atoms with Gasteiger partial charge >= 0.3 is 0 Å². The second kappa shape index (κ2) is 6.99. The molecule has 0 spiro atoms. The third-order valence-corrected chi connectivity index (χ3v) is 4.60. The first-order chi connectivity index (χ1) is 11.2. The van der Waals surface area contributed by atoms with Gasteiger partial charge in [-0.25, -0.2) is 0 Å². The summed E-state index contributed by atoms with van der Waals surface area (Å²) in [5.74, 6) is -2.05. The molecule has 0 aromatic heterocycles. The fourth-order valence-electron chi connectivity index (χ4n) is 2.57. The van der Waals surface area contributed by atoms with E-state index >= 15 is 0 Å². The Morgan fingerprint density at radius 1 is 0.917 bits per heavy atom. The van der Waals surface area contributed by atoms with Gasteiger partial charge in [0.05, 0.1) is 0 Å². The van der Waals surface area contributed by atoms with Gasteiger partial charge in [0, 0.05) is 5.69 Å². The number of hydrogen-bond donors (Lipinski definition) is 2. The fourth-order valence-corrected chi connectivity index (χ4v) is 2.97. The van der Waals surface area contributed by atoms with Gasteiger partial charge in [0.25, 0.3) is 0 Å². The highest BCUT2D eigenvalue weighted by atomic mass is 35.5. The van der Waals surface area contributed by atoms with Crippen molar-refractivity contribution in [2.45, 2.75) is 39.5 Å². The Kier molecular flexibility index (Phi) is 5.41. The molecule has 0 saturated carbocycles. The summed E-state index contributed by atoms with van der Waals surface area (Å²) in [6, 6.07) is 5.89. The Balaban J connectivity index is 2.63. The van der Waals surface area contributed by atoms with Crippen LogP contribution in [0.3, 0.4) is 0 Å². The van der Waals surface area contributed by atoms with Crippen LogP contribution in [0.5, 0.6) is 0 Å². The second-order valence-corrected chi connectivity index (χ2v) is 7.01. The van der Waals surface area contributed by atoms with Gasteiger partial charge in [0.2, 0.25) is 11.6 Å². The Hall–Kier alpha value is -1.78. The van der Waals surface area contributed by atoms with Crippen molar-refractivity contribution in [1.82, 2.24) is 0 Å². The molecule has 0 fully saturated rings. The molecular weight excluding hydrogens is 349 g/mol. The number of hydrogen-bond acceptors (Lipinski definition) is 4. The molecule has 128 valence electrons. The highest BCUT2D eigenvalue weighted by Crippen LogP contribution is 2.36. The highest BCUT2D eigenvalue weighted by Gasteiger charge is 2.34. The predicted molar refractivity (Wildman–Crippen MR) is 96.6 cm³/mol. The van der Waals surface area contributed by atoms with E-state index in [2.05, 4.69) is 5.32 Å². The minimum absolute atomic E-state index is 0.0405. The summed E-state index contributed by atoms with van der Waals surface area (Å²) < 4.78 is 0. The van der Waals surface area contributed by atoms with E-state index in [1.165, 1.54) is 0 Å². The molecule has 1 aliphatic rings. The molecule has 0 saturated heterocycles. The van der Waals surface area contributed by atoms with Crippen molar-refractivity contribution in [2.75, 3.05) is 5.32 Å². The van der Waals surface area contributed by atoms with Crippen LogP contribution in [0.15, 0.2) is 39.7 Å². The van der Waals surface area contributed by atoms with E-state index in [0.717, 1.165) is 16.8 Å². The largest absolute Gasteiger partial charge is 0.504 e. The van der Waals surface area contributed by atoms with E-state index in [9.17, 15) is 14.7 Å². The highest BCUT2D eigenvalue weighted by molar-refractivity contribution is 6.68. The number of aliphatic hydroxyl groups excluding tert-OH is 1. The minimum Gasteiger partial charge on any atom is -0.504 e. The third kappa shape index (κ3) is 3.21. The molecular formula is C18H19Cl2NO3. The molecule has 1 aromatic carbocycles. The van der Waals surface area contributed by atoms with Crippen LogP contribution < -0.4 is 5.32 Å². The number of carbonyl (C=O) groups is 2. The van der Waals surface area contributed by atoms with Crippen molar-refractivity contribution in [2.24, 2.45) is 0 Å². The number of benzene rings is 1. The molecule has 2 N–H and O–H groups in total. The van der Waals surface area contributed by atoms with Gasteiger partial charge < -0.3 is 10.4 Å². The first kappa shape index (κ1) is 18.6. The zero-order valence-electron chi connectivity index (χ0n) is 13.9. The molecule has 0 atom stereocenters. The SMILES string of the molecule is CC(C)c1cccc(C(C)C)c1NC1=C(Cl)C(=O)C(=O)C(Cl)=C1O. The molecule has 0 bridgehead atoms. The van der Waals surface area contributed by atoms with Gasteiger partial charge in [0.1, 0.15) is 15.8 Å². The Morgan fingerprint density at radius 2 is 1.38 bits per heavy atom. The number of halogens is 2. The van der Waals surface area contributed by atoms with Gasteiger partial charge in [-0.05, 0) is 23.0 Å². The lowest BCUT2D eigenvalue weighted by Crippen LogP contribution is -2.25. The summed E-state index contributed by atoms with van der Waals surface area (Å²) in [5.41, 5.74) is 2.73. The third-order valence-electron chi connectivity index (χ3n) is 3.89. The Bertz CT molecular complexity index is 750. The van der Waals surface area contributed by atoms with Crippen LogP contribution in [0, 0.1) is 0 Å². The molecule has 24 heavy (non-hydrogen) atoms. The summed E-state index contributed by atoms with van der Waals surface area (Å²) in [6.07, 6.45) is 0. The second-order valence-electron chi connectivity index (χ2n) is 6.26. The first-order valence-corrected chi connectivity index (χ1v) is 8.40. The molecule has 0 radical (unpaired) electrons. The van der Waals surface area contributed by atoms with Gasteiger partial charge in [-0.15, -0.1) is 0 Å². The van der Waals surface area contributed by atoms with Crippen molar-refractivity contribution in [1.29, 1.82) is 0 Å². The van der Waals surface area contributed by atoms with Crippen molar-refractivity contribution < 1.29 is 14.7 Å². The van der Waals surface area contributed by atoms with Gasteiger partial charge in [0.15, 0.2) is 5.76 Å². The summed E-state index contributed by atoms with van der Waals surface area (Å²) in [4.78, 5) is 23.6. The van der Waals surface area contributed by atoms with Crippen LogP contribution in [-0.4, -0.2) is 16.7 Å². The zero-order valence-corrected chi connectivity index (χ0v) is 15.4. The van der Waals surface area contributed by atoms with Crippen molar-refractivity contribution in [3.05, 3.63) is 50.8 Å². The van der Waals surface area contributed by atoms with Crippen molar-refractivity contribution in [3.63, 3.8) is 0 Å². The zero-order chi connectivity index (χ0) is 18.2. The molecule has 1 aliphatic carbocycles. The predicted octanol–water partition coefficient (Wildman–Crippen LogP) is 4.96. The summed E-state index contributed by atoms with van der Waals surface area (Å²) in [5, 5.41) is 12.3. The standard InChI is InChI=1S/C18H19Cl2NO3/c1-8(2)10-6-5-7-11(9(3)4)14(10)21-15-12(19)17(23)18(24)13(20)16(15)22/h5-9,21-22H,1-4H3. The molecule has 0 amide bonds. The number of anilines is 1. The average molecular weight is 368 g/mol. The number of allylic oxidation sites excluding steroid dienone is 2. The molecule has 0 heterocycles. The lowest BCUT2D eigenvalue weighted by Gasteiger charge is -2.24. The number of para-hydroxylation sites is 1. The van der Waals surface area contributed by atoms with E-state index in [1.54, 1.807) is 0 Å².